The first-order valence-corrected chi connectivity index (χ1v) is 9.01. The van der Waals surface area contributed by atoms with Crippen molar-refractivity contribution in [3.63, 3.8) is 0 Å². The molecule has 0 aromatic carbocycles. The fourth-order valence-electron chi connectivity index (χ4n) is 2.91. The maximum Gasteiger partial charge on any atom is 0.262 e. The Hall–Kier alpha value is -0.920. The summed E-state index contributed by atoms with van der Waals surface area (Å²) in [4.78, 5) is 4.19. The number of sulfonamides is 1. The van der Waals surface area contributed by atoms with Gasteiger partial charge in [0.25, 0.3) is 10.0 Å². The standard InChI is InChI=1S/C14H25N3O3S/c1-4-9-17-10-14(15-11(17)2)21(19,20)16(3)12-7-5-6-8-13(12)18/h10,12-13,18H,4-9H2,1-3H3. The Kier molecular flexibility index (Phi) is 5.06. The lowest BCUT2D eigenvalue weighted by Gasteiger charge is -2.33. The van der Waals surface area contributed by atoms with Crippen molar-refractivity contribution in [2.24, 2.45) is 0 Å². The zero-order valence-corrected chi connectivity index (χ0v) is 13.8. The van der Waals surface area contributed by atoms with Crippen LogP contribution in [-0.2, 0) is 16.6 Å². The van der Waals surface area contributed by atoms with Gasteiger partial charge in [0.05, 0.1) is 12.1 Å². The number of likely N-dealkylation sites (N-methyl/N-ethyl adjacent to an activating group) is 1. The monoisotopic (exact) mass is 315 g/mol. The summed E-state index contributed by atoms with van der Waals surface area (Å²) in [5, 5.41) is 10.1. The average molecular weight is 315 g/mol. The molecule has 7 heteroatoms. The lowest BCUT2D eigenvalue weighted by Crippen LogP contribution is -2.46. The highest BCUT2D eigenvalue weighted by molar-refractivity contribution is 7.89. The van der Waals surface area contributed by atoms with Crippen LogP contribution < -0.4 is 0 Å². The number of hydrogen-bond acceptors (Lipinski definition) is 4. The Labute approximate surface area is 126 Å². The Morgan fingerprint density at radius 2 is 2.10 bits per heavy atom. The summed E-state index contributed by atoms with van der Waals surface area (Å²) in [6.45, 7) is 4.60. The van der Waals surface area contributed by atoms with E-state index in [1.54, 1.807) is 13.2 Å². The van der Waals surface area contributed by atoms with Crippen LogP contribution in [0.2, 0.25) is 0 Å². The second-order valence-corrected chi connectivity index (χ2v) is 7.70. The lowest BCUT2D eigenvalue weighted by molar-refractivity contribution is 0.0637. The molecule has 1 aliphatic carbocycles. The van der Waals surface area contributed by atoms with E-state index >= 15 is 0 Å². The Morgan fingerprint density at radius 1 is 1.43 bits per heavy atom. The van der Waals surface area contributed by atoms with Crippen LogP contribution in [-0.4, -0.2) is 46.6 Å². The van der Waals surface area contributed by atoms with Crippen molar-refractivity contribution in [1.29, 1.82) is 0 Å². The summed E-state index contributed by atoms with van der Waals surface area (Å²) in [5.41, 5.74) is 0. The fourth-order valence-corrected chi connectivity index (χ4v) is 4.32. The van der Waals surface area contributed by atoms with Crippen LogP contribution in [0.15, 0.2) is 11.2 Å². The minimum absolute atomic E-state index is 0.0775. The summed E-state index contributed by atoms with van der Waals surface area (Å²) in [7, 11) is -2.11. The van der Waals surface area contributed by atoms with Gasteiger partial charge in [-0.2, -0.15) is 4.31 Å². The molecule has 1 aromatic rings. The summed E-state index contributed by atoms with van der Waals surface area (Å²) < 4.78 is 28.5. The predicted octanol–water partition coefficient (Wildman–Crippen LogP) is 1.53. The molecule has 1 aliphatic rings. The lowest BCUT2D eigenvalue weighted by atomic mass is 9.93. The number of aryl methyl sites for hydroxylation is 2. The normalized spacial score (nSPS) is 23.7. The SMILES string of the molecule is CCCn1cc(S(=O)(=O)N(C)C2CCCCC2O)nc1C. The molecule has 1 saturated carbocycles. The second-order valence-electron chi connectivity index (χ2n) is 5.76. The smallest absolute Gasteiger partial charge is 0.262 e. The van der Waals surface area contributed by atoms with Crippen molar-refractivity contribution < 1.29 is 13.5 Å². The molecule has 1 fully saturated rings. The maximum atomic E-state index is 12.7. The van der Waals surface area contributed by atoms with E-state index in [0.29, 0.717) is 18.7 Å². The summed E-state index contributed by atoms with van der Waals surface area (Å²) >= 11 is 0. The molecule has 2 atom stereocenters. The molecule has 0 bridgehead atoms. The maximum absolute atomic E-state index is 12.7. The number of aliphatic hydroxyl groups excluding tert-OH is 1. The predicted molar refractivity (Wildman–Crippen MR) is 80.5 cm³/mol. The van der Waals surface area contributed by atoms with Crippen molar-refractivity contribution in [3.05, 3.63) is 12.0 Å². The number of imidazole rings is 1. The number of hydrogen-bond donors (Lipinski definition) is 1. The topological polar surface area (TPSA) is 75.4 Å². The molecule has 6 nitrogen and oxygen atoms in total. The van der Waals surface area contributed by atoms with Crippen LogP contribution in [0.3, 0.4) is 0 Å². The van der Waals surface area contributed by atoms with Gasteiger partial charge in [-0.3, -0.25) is 0 Å². The van der Waals surface area contributed by atoms with E-state index in [1.807, 2.05) is 18.4 Å². The second kappa shape index (κ2) is 6.46. The van der Waals surface area contributed by atoms with Gasteiger partial charge in [-0.1, -0.05) is 19.8 Å². The largest absolute Gasteiger partial charge is 0.391 e. The zero-order chi connectivity index (χ0) is 15.6. The number of aliphatic hydroxyl groups is 1. The minimum atomic E-state index is -3.65. The Bertz CT molecular complexity index is 582. The summed E-state index contributed by atoms with van der Waals surface area (Å²) in [5.74, 6) is 0.702. The van der Waals surface area contributed by atoms with Crippen molar-refractivity contribution in [3.8, 4) is 0 Å². The number of aromatic nitrogens is 2. The fraction of sp³-hybridized carbons (Fsp3) is 0.786. The van der Waals surface area contributed by atoms with Gasteiger partial charge in [-0.25, -0.2) is 13.4 Å². The van der Waals surface area contributed by atoms with Crippen LogP contribution in [0.1, 0.15) is 44.9 Å². The Morgan fingerprint density at radius 3 is 2.71 bits per heavy atom. The van der Waals surface area contributed by atoms with Crippen LogP contribution in [0.5, 0.6) is 0 Å². The van der Waals surface area contributed by atoms with Crippen molar-refractivity contribution in [2.45, 2.75) is 69.7 Å². The van der Waals surface area contributed by atoms with E-state index in [2.05, 4.69) is 4.98 Å². The average Bonchev–Trinajstić information content (AvgIpc) is 2.81. The summed E-state index contributed by atoms with van der Waals surface area (Å²) in [6.07, 6.45) is 5.20. The van der Waals surface area contributed by atoms with Gasteiger partial charge in [0.2, 0.25) is 0 Å². The van der Waals surface area contributed by atoms with E-state index in [9.17, 15) is 13.5 Å². The van der Waals surface area contributed by atoms with E-state index in [0.717, 1.165) is 25.8 Å². The van der Waals surface area contributed by atoms with Gasteiger partial charge in [0.1, 0.15) is 5.82 Å². The quantitative estimate of drug-likeness (QED) is 0.894. The molecule has 0 spiro atoms. The third-order valence-electron chi connectivity index (χ3n) is 4.22. The van der Waals surface area contributed by atoms with Crippen LogP contribution >= 0.6 is 0 Å². The van der Waals surface area contributed by atoms with E-state index in [4.69, 9.17) is 0 Å². The molecule has 0 radical (unpaired) electrons. The molecular weight excluding hydrogens is 290 g/mol. The Balaban J connectivity index is 2.26. The molecule has 0 amide bonds. The number of rotatable bonds is 5. The number of nitrogens with zero attached hydrogens (tertiary/aromatic N) is 3. The van der Waals surface area contributed by atoms with Gasteiger partial charge in [-0.05, 0) is 26.2 Å². The van der Waals surface area contributed by atoms with E-state index < -0.39 is 16.1 Å². The van der Waals surface area contributed by atoms with Crippen LogP contribution in [0.4, 0.5) is 0 Å². The van der Waals surface area contributed by atoms with Gasteiger partial charge in [-0.15, -0.1) is 0 Å². The highest BCUT2D eigenvalue weighted by atomic mass is 32.2. The van der Waals surface area contributed by atoms with Crippen LogP contribution in [0, 0.1) is 6.92 Å². The van der Waals surface area contributed by atoms with E-state index in [1.165, 1.54) is 4.31 Å². The van der Waals surface area contributed by atoms with Gasteiger partial charge in [0.15, 0.2) is 5.03 Å². The first-order valence-electron chi connectivity index (χ1n) is 7.57. The zero-order valence-electron chi connectivity index (χ0n) is 13.0. The molecular formula is C14H25N3O3S. The van der Waals surface area contributed by atoms with Gasteiger partial charge < -0.3 is 9.67 Å². The third kappa shape index (κ3) is 3.30. The molecule has 1 heterocycles. The molecule has 2 unspecified atom stereocenters. The van der Waals surface area contributed by atoms with Crippen LogP contribution in [0.25, 0.3) is 0 Å². The van der Waals surface area contributed by atoms with Crippen molar-refractivity contribution in [2.75, 3.05) is 7.05 Å². The van der Waals surface area contributed by atoms with Crippen molar-refractivity contribution in [1.82, 2.24) is 13.9 Å². The molecule has 120 valence electrons. The molecule has 1 aromatic heterocycles. The molecule has 1 N–H and O–H groups in total. The van der Waals surface area contributed by atoms with E-state index in [-0.39, 0.29) is 11.1 Å². The first kappa shape index (κ1) is 16.5. The molecule has 0 aliphatic heterocycles. The molecule has 2 rings (SSSR count). The highest BCUT2D eigenvalue weighted by Gasteiger charge is 2.35. The van der Waals surface area contributed by atoms with Crippen molar-refractivity contribution >= 4 is 10.0 Å². The minimum Gasteiger partial charge on any atom is -0.391 e. The molecule has 0 saturated heterocycles. The van der Waals surface area contributed by atoms with Gasteiger partial charge in [0, 0.05) is 19.8 Å². The highest BCUT2D eigenvalue weighted by Crippen LogP contribution is 2.26. The summed E-state index contributed by atoms with van der Waals surface area (Å²) in [6, 6.07) is -0.347. The first-order chi connectivity index (χ1) is 9.87. The van der Waals surface area contributed by atoms with Gasteiger partial charge >= 0.3 is 0 Å². The third-order valence-corrected chi connectivity index (χ3v) is 5.98. The molecule has 21 heavy (non-hydrogen) atoms.